The van der Waals surface area contributed by atoms with E-state index in [2.05, 4.69) is 0 Å². The molecule has 4 rings (SSSR count). The number of aryl methyl sites for hydroxylation is 1. The van der Waals surface area contributed by atoms with Crippen molar-refractivity contribution in [2.45, 2.75) is 24.7 Å². The van der Waals surface area contributed by atoms with Crippen LogP contribution < -0.4 is 0 Å². The van der Waals surface area contributed by atoms with Crippen LogP contribution >= 0.6 is 0 Å². The first-order valence-corrected chi connectivity index (χ1v) is 7.02. The van der Waals surface area contributed by atoms with Gasteiger partial charge in [-0.1, -0.05) is 48.5 Å². The minimum absolute atomic E-state index is 0.00903. The highest BCUT2D eigenvalue weighted by atomic mass is 16.2. The number of fused-ring (bicyclic) bond motifs is 3. The summed E-state index contributed by atoms with van der Waals surface area (Å²) in [5, 5.41) is 0. The number of carbonyl (C=O) groups is 2. The molecule has 0 bridgehead atoms. The van der Waals surface area contributed by atoms with Crippen molar-refractivity contribution in [2.24, 2.45) is 0 Å². The predicted molar refractivity (Wildman–Crippen MR) is 76.2 cm³/mol. The van der Waals surface area contributed by atoms with Crippen LogP contribution in [-0.4, -0.2) is 11.6 Å². The van der Waals surface area contributed by atoms with Crippen LogP contribution in [0, 0.1) is 0 Å². The fourth-order valence-electron chi connectivity index (χ4n) is 3.75. The van der Waals surface area contributed by atoms with Crippen molar-refractivity contribution in [1.82, 2.24) is 0 Å². The molecular formula is C18H14O2. The third kappa shape index (κ3) is 1.24. The molecule has 0 fully saturated rings. The van der Waals surface area contributed by atoms with E-state index in [1.54, 1.807) is 12.1 Å². The lowest BCUT2D eigenvalue weighted by Gasteiger charge is -2.32. The van der Waals surface area contributed by atoms with Gasteiger partial charge in [0.15, 0.2) is 11.6 Å². The standard InChI is InChI=1S/C18H14O2/c19-16-13-8-2-3-9-14(13)17(20)18(16)11-5-7-12-6-1-4-10-15(12)18/h1-4,6,8-10H,5,7,11H2. The minimum atomic E-state index is -0.946. The second-order valence-electron chi connectivity index (χ2n) is 5.62. The molecule has 0 saturated heterocycles. The van der Waals surface area contributed by atoms with Gasteiger partial charge in [0.1, 0.15) is 5.41 Å². The molecule has 2 aromatic rings. The maximum absolute atomic E-state index is 12.9. The molecule has 0 aromatic heterocycles. The van der Waals surface area contributed by atoms with Crippen LogP contribution in [0.25, 0.3) is 0 Å². The first-order valence-electron chi connectivity index (χ1n) is 7.02. The van der Waals surface area contributed by atoms with E-state index < -0.39 is 5.41 Å². The van der Waals surface area contributed by atoms with Crippen LogP contribution in [0.1, 0.15) is 44.7 Å². The van der Waals surface area contributed by atoms with Crippen LogP contribution in [0.15, 0.2) is 48.5 Å². The van der Waals surface area contributed by atoms with E-state index in [9.17, 15) is 9.59 Å². The van der Waals surface area contributed by atoms with Gasteiger partial charge in [-0.05, 0) is 30.4 Å². The molecule has 98 valence electrons. The van der Waals surface area contributed by atoms with Crippen molar-refractivity contribution in [3.05, 3.63) is 70.8 Å². The molecule has 0 aliphatic heterocycles. The summed E-state index contributed by atoms with van der Waals surface area (Å²) in [5.41, 5.74) is 2.31. The van der Waals surface area contributed by atoms with Gasteiger partial charge in [-0.3, -0.25) is 9.59 Å². The number of benzene rings is 2. The Kier molecular flexibility index (Phi) is 2.25. The quantitative estimate of drug-likeness (QED) is 0.682. The third-order valence-electron chi connectivity index (χ3n) is 4.67. The maximum atomic E-state index is 12.9. The Balaban J connectivity index is 2.01. The molecule has 0 radical (unpaired) electrons. The number of rotatable bonds is 0. The number of hydrogen-bond donors (Lipinski definition) is 0. The zero-order valence-corrected chi connectivity index (χ0v) is 11.1. The third-order valence-corrected chi connectivity index (χ3v) is 4.67. The average Bonchev–Trinajstić information content (AvgIpc) is 2.72. The van der Waals surface area contributed by atoms with Gasteiger partial charge >= 0.3 is 0 Å². The van der Waals surface area contributed by atoms with E-state index in [0.717, 1.165) is 24.0 Å². The fraction of sp³-hybridized carbons (Fsp3) is 0.222. The molecule has 2 aliphatic rings. The number of hydrogen-bond acceptors (Lipinski definition) is 2. The average molecular weight is 262 g/mol. The summed E-state index contributed by atoms with van der Waals surface area (Å²) in [6, 6.07) is 15.1. The van der Waals surface area contributed by atoms with Crippen molar-refractivity contribution in [3.8, 4) is 0 Å². The molecule has 2 heteroatoms. The van der Waals surface area contributed by atoms with Crippen molar-refractivity contribution < 1.29 is 9.59 Å². The lowest BCUT2D eigenvalue weighted by molar-refractivity contribution is 0.0774. The molecule has 0 heterocycles. The number of Topliss-reactive ketones (excluding diaryl/α,β-unsaturated/α-hetero) is 2. The van der Waals surface area contributed by atoms with Crippen LogP contribution in [0.2, 0.25) is 0 Å². The number of ketones is 2. The smallest absolute Gasteiger partial charge is 0.181 e. The van der Waals surface area contributed by atoms with Gasteiger partial charge in [0, 0.05) is 11.1 Å². The van der Waals surface area contributed by atoms with Gasteiger partial charge < -0.3 is 0 Å². The van der Waals surface area contributed by atoms with E-state index in [4.69, 9.17) is 0 Å². The molecule has 0 amide bonds. The molecule has 0 atom stereocenters. The van der Waals surface area contributed by atoms with Crippen LogP contribution in [0.3, 0.4) is 0 Å². The summed E-state index contributed by atoms with van der Waals surface area (Å²) in [6.45, 7) is 0. The summed E-state index contributed by atoms with van der Waals surface area (Å²) < 4.78 is 0. The minimum Gasteiger partial charge on any atom is -0.293 e. The van der Waals surface area contributed by atoms with Crippen LogP contribution in [-0.2, 0) is 11.8 Å². The van der Waals surface area contributed by atoms with E-state index in [0.29, 0.717) is 17.5 Å². The van der Waals surface area contributed by atoms with Gasteiger partial charge in [0.25, 0.3) is 0 Å². The SMILES string of the molecule is O=C1c2ccccc2C(=O)C12CCCc1ccccc12. The Morgan fingerprint density at radius 3 is 2.10 bits per heavy atom. The maximum Gasteiger partial charge on any atom is 0.181 e. The Bertz CT molecular complexity index is 708. The highest BCUT2D eigenvalue weighted by molar-refractivity contribution is 6.33. The summed E-state index contributed by atoms with van der Waals surface area (Å²) in [7, 11) is 0. The number of carbonyl (C=O) groups excluding carboxylic acids is 2. The highest BCUT2D eigenvalue weighted by Crippen LogP contribution is 2.46. The van der Waals surface area contributed by atoms with E-state index in [1.807, 2.05) is 36.4 Å². The Morgan fingerprint density at radius 2 is 1.40 bits per heavy atom. The molecule has 0 unspecified atom stereocenters. The van der Waals surface area contributed by atoms with Crippen molar-refractivity contribution in [3.63, 3.8) is 0 Å². The van der Waals surface area contributed by atoms with Gasteiger partial charge in [0.2, 0.25) is 0 Å². The monoisotopic (exact) mass is 262 g/mol. The normalized spacial score (nSPS) is 19.0. The van der Waals surface area contributed by atoms with Crippen molar-refractivity contribution >= 4 is 11.6 Å². The topological polar surface area (TPSA) is 34.1 Å². The zero-order valence-electron chi connectivity index (χ0n) is 11.1. The zero-order chi connectivity index (χ0) is 13.7. The van der Waals surface area contributed by atoms with Gasteiger partial charge in [-0.15, -0.1) is 0 Å². The molecule has 2 nitrogen and oxygen atoms in total. The highest BCUT2D eigenvalue weighted by Gasteiger charge is 2.55. The van der Waals surface area contributed by atoms with Gasteiger partial charge in [-0.2, -0.15) is 0 Å². The summed E-state index contributed by atoms with van der Waals surface area (Å²) in [4.78, 5) is 25.9. The van der Waals surface area contributed by atoms with E-state index in [-0.39, 0.29) is 11.6 Å². The summed E-state index contributed by atoms with van der Waals surface area (Å²) in [5.74, 6) is -0.0181. The predicted octanol–water partition coefficient (Wildman–Crippen LogP) is 3.34. The van der Waals surface area contributed by atoms with E-state index >= 15 is 0 Å². The lowest BCUT2D eigenvalue weighted by Crippen LogP contribution is -2.41. The lowest BCUT2D eigenvalue weighted by atomic mass is 9.67. The summed E-state index contributed by atoms with van der Waals surface area (Å²) in [6.07, 6.45) is 2.48. The Labute approximate surface area is 117 Å². The first kappa shape index (κ1) is 11.6. The second kappa shape index (κ2) is 3.89. The molecule has 2 aromatic carbocycles. The molecule has 20 heavy (non-hydrogen) atoms. The van der Waals surface area contributed by atoms with Crippen molar-refractivity contribution in [1.29, 1.82) is 0 Å². The Morgan fingerprint density at radius 1 is 0.800 bits per heavy atom. The second-order valence-corrected chi connectivity index (χ2v) is 5.62. The molecule has 2 aliphatic carbocycles. The summed E-state index contributed by atoms with van der Waals surface area (Å²) >= 11 is 0. The van der Waals surface area contributed by atoms with E-state index in [1.165, 1.54) is 0 Å². The molecular weight excluding hydrogens is 248 g/mol. The van der Waals surface area contributed by atoms with Crippen LogP contribution in [0.5, 0.6) is 0 Å². The van der Waals surface area contributed by atoms with Crippen molar-refractivity contribution in [2.75, 3.05) is 0 Å². The Hall–Kier alpha value is -2.22. The first-order chi connectivity index (χ1) is 9.75. The fourth-order valence-corrected chi connectivity index (χ4v) is 3.75. The molecule has 0 N–H and O–H groups in total. The molecule has 1 spiro atoms. The largest absolute Gasteiger partial charge is 0.293 e. The van der Waals surface area contributed by atoms with Gasteiger partial charge in [0.05, 0.1) is 0 Å². The molecule has 0 saturated carbocycles. The van der Waals surface area contributed by atoms with Gasteiger partial charge in [-0.25, -0.2) is 0 Å². The van der Waals surface area contributed by atoms with Crippen LogP contribution in [0.4, 0.5) is 0 Å².